The number of methoxy groups -OCH3 is 2. The Morgan fingerprint density at radius 1 is 1.08 bits per heavy atom. The maximum Gasteiger partial charge on any atom is 0.173 e. The molecule has 0 saturated carbocycles. The molecule has 0 radical (unpaired) electrons. The van der Waals surface area contributed by atoms with E-state index in [9.17, 15) is 14.7 Å². The maximum atomic E-state index is 13.3. The molecule has 0 amide bonds. The van der Waals surface area contributed by atoms with E-state index in [-0.39, 0.29) is 41.7 Å². The molecule has 1 fully saturated rings. The molecule has 25 heavy (non-hydrogen) atoms. The SMILES string of the molecule is COc1c(C)c2c(c(OC)c1CO)C(=O)[C@@H]1[C@@H](C)O[C@@H](C)C[C@H]1C2=O. The second kappa shape index (κ2) is 6.42. The molecule has 0 bridgehead atoms. The van der Waals surface area contributed by atoms with E-state index in [4.69, 9.17) is 14.2 Å². The quantitative estimate of drug-likeness (QED) is 0.903. The molecule has 4 atom stereocenters. The molecule has 1 aromatic carbocycles. The lowest BCUT2D eigenvalue weighted by atomic mass is 9.67. The summed E-state index contributed by atoms with van der Waals surface area (Å²) in [6, 6.07) is 0. The molecular formula is C19H24O6. The fraction of sp³-hybridized carbons (Fsp3) is 0.579. The Labute approximate surface area is 147 Å². The number of hydrogen-bond acceptors (Lipinski definition) is 6. The highest BCUT2D eigenvalue weighted by atomic mass is 16.5. The molecule has 1 heterocycles. The summed E-state index contributed by atoms with van der Waals surface area (Å²) < 4.78 is 16.6. The van der Waals surface area contributed by atoms with Gasteiger partial charge in [-0.3, -0.25) is 9.59 Å². The number of carbonyl (C=O) groups excluding carboxylic acids is 2. The molecule has 0 unspecified atom stereocenters. The van der Waals surface area contributed by atoms with Crippen molar-refractivity contribution in [3.63, 3.8) is 0 Å². The van der Waals surface area contributed by atoms with Crippen molar-refractivity contribution in [2.45, 2.75) is 46.0 Å². The Morgan fingerprint density at radius 2 is 1.72 bits per heavy atom. The normalized spacial score (nSPS) is 28.4. The van der Waals surface area contributed by atoms with Crippen LogP contribution in [0.15, 0.2) is 0 Å². The molecule has 2 aliphatic rings. The van der Waals surface area contributed by atoms with Crippen LogP contribution in [0, 0.1) is 18.8 Å². The first kappa shape index (κ1) is 17.9. The molecule has 1 saturated heterocycles. The fourth-order valence-corrected chi connectivity index (χ4v) is 4.44. The van der Waals surface area contributed by atoms with E-state index in [2.05, 4.69) is 0 Å². The topological polar surface area (TPSA) is 82.1 Å². The number of aliphatic hydroxyl groups excluding tert-OH is 1. The van der Waals surface area contributed by atoms with Gasteiger partial charge in [-0.15, -0.1) is 0 Å². The minimum Gasteiger partial charge on any atom is -0.496 e. The van der Waals surface area contributed by atoms with Gasteiger partial charge < -0.3 is 19.3 Å². The third-order valence-corrected chi connectivity index (χ3v) is 5.41. The summed E-state index contributed by atoms with van der Waals surface area (Å²) in [6.07, 6.45) is 0.101. The van der Waals surface area contributed by atoms with E-state index in [0.717, 1.165) is 0 Å². The van der Waals surface area contributed by atoms with Gasteiger partial charge in [0.1, 0.15) is 11.5 Å². The standard InChI is InChI=1S/C19H24O6/c1-8-6-11-14(10(3)25-8)17(22)15-13(16(11)21)9(2)18(23-4)12(7-20)19(15)24-5/h8,10-11,14,20H,6-7H2,1-5H3/t8-,10+,11+,14+/m0/s1. The van der Waals surface area contributed by atoms with Crippen LogP contribution in [0.25, 0.3) is 0 Å². The van der Waals surface area contributed by atoms with Crippen molar-refractivity contribution in [3.05, 3.63) is 22.3 Å². The number of Topliss-reactive ketones (excluding diaryl/α,β-unsaturated/α-hetero) is 2. The molecule has 1 aliphatic carbocycles. The van der Waals surface area contributed by atoms with Gasteiger partial charge in [-0.05, 0) is 27.2 Å². The number of carbonyl (C=O) groups is 2. The zero-order chi connectivity index (χ0) is 18.5. The zero-order valence-electron chi connectivity index (χ0n) is 15.2. The van der Waals surface area contributed by atoms with Crippen LogP contribution in [0.1, 0.15) is 52.1 Å². The first-order chi connectivity index (χ1) is 11.9. The number of ketones is 2. The summed E-state index contributed by atoms with van der Waals surface area (Å²) in [5.74, 6) is -0.527. The summed E-state index contributed by atoms with van der Waals surface area (Å²) in [5, 5.41) is 9.78. The van der Waals surface area contributed by atoms with Crippen molar-refractivity contribution in [1.29, 1.82) is 0 Å². The summed E-state index contributed by atoms with van der Waals surface area (Å²) in [5.41, 5.74) is 1.57. The summed E-state index contributed by atoms with van der Waals surface area (Å²) in [6.45, 7) is 5.15. The molecule has 6 heteroatoms. The van der Waals surface area contributed by atoms with Crippen LogP contribution in [0.5, 0.6) is 11.5 Å². The van der Waals surface area contributed by atoms with Crippen molar-refractivity contribution in [1.82, 2.24) is 0 Å². The molecule has 3 rings (SSSR count). The second-order valence-corrected chi connectivity index (χ2v) is 6.83. The summed E-state index contributed by atoms with van der Waals surface area (Å²) >= 11 is 0. The zero-order valence-corrected chi connectivity index (χ0v) is 15.2. The predicted molar refractivity (Wildman–Crippen MR) is 90.5 cm³/mol. The number of hydrogen-bond donors (Lipinski definition) is 1. The highest BCUT2D eigenvalue weighted by Gasteiger charge is 2.50. The molecule has 1 aromatic rings. The lowest BCUT2D eigenvalue weighted by Crippen LogP contribution is -2.49. The van der Waals surface area contributed by atoms with E-state index in [1.807, 2.05) is 13.8 Å². The molecule has 0 spiro atoms. The lowest BCUT2D eigenvalue weighted by Gasteiger charge is -2.42. The van der Waals surface area contributed by atoms with Crippen LogP contribution in [-0.4, -0.2) is 43.1 Å². The van der Waals surface area contributed by atoms with Gasteiger partial charge in [0.2, 0.25) is 0 Å². The highest BCUT2D eigenvalue weighted by Crippen LogP contribution is 2.47. The Morgan fingerprint density at radius 3 is 2.28 bits per heavy atom. The minimum absolute atomic E-state index is 0.0693. The van der Waals surface area contributed by atoms with E-state index in [1.54, 1.807) is 6.92 Å². The average molecular weight is 348 g/mol. The Kier molecular flexibility index (Phi) is 4.60. The van der Waals surface area contributed by atoms with Gasteiger partial charge in [0.15, 0.2) is 11.6 Å². The van der Waals surface area contributed by atoms with E-state index in [0.29, 0.717) is 28.9 Å². The number of rotatable bonds is 3. The number of ether oxygens (including phenoxy) is 3. The van der Waals surface area contributed by atoms with E-state index in [1.165, 1.54) is 14.2 Å². The second-order valence-electron chi connectivity index (χ2n) is 6.83. The number of benzene rings is 1. The molecule has 1 aliphatic heterocycles. The predicted octanol–water partition coefficient (Wildman–Crippen LogP) is 2.31. The first-order valence-corrected chi connectivity index (χ1v) is 8.49. The van der Waals surface area contributed by atoms with E-state index < -0.39 is 11.8 Å². The fourth-order valence-electron chi connectivity index (χ4n) is 4.44. The van der Waals surface area contributed by atoms with Crippen molar-refractivity contribution in [3.8, 4) is 11.5 Å². The third kappa shape index (κ3) is 2.47. The van der Waals surface area contributed by atoms with Crippen LogP contribution in [0.4, 0.5) is 0 Å². The van der Waals surface area contributed by atoms with Gasteiger partial charge in [0.05, 0.1) is 50.1 Å². The third-order valence-electron chi connectivity index (χ3n) is 5.41. The monoisotopic (exact) mass is 348 g/mol. The van der Waals surface area contributed by atoms with Gasteiger partial charge >= 0.3 is 0 Å². The summed E-state index contributed by atoms with van der Waals surface area (Å²) in [7, 11) is 2.90. The Balaban J connectivity index is 2.31. The van der Waals surface area contributed by atoms with Crippen molar-refractivity contribution >= 4 is 11.6 Å². The highest BCUT2D eigenvalue weighted by molar-refractivity contribution is 6.19. The molecular weight excluding hydrogens is 324 g/mol. The van der Waals surface area contributed by atoms with Crippen LogP contribution in [-0.2, 0) is 11.3 Å². The van der Waals surface area contributed by atoms with Gasteiger partial charge in [-0.2, -0.15) is 0 Å². The van der Waals surface area contributed by atoms with Gasteiger partial charge in [-0.25, -0.2) is 0 Å². The van der Waals surface area contributed by atoms with Crippen molar-refractivity contribution in [2.24, 2.45) is 11.8 Å². The lowest BCUT2D eigenvalue weighted by molar-refractivity contribution is -0.0745. The van der Waals surface area contributed by atoms with Gasteiger partial charge in [0.25, 0.3) is 0 Å². The molecule has 136 valence electrons. The van der Waals surface area contributed by atoms with Gasteiger partial charge in [0, 0.05) is 17.0 Å². The Bertz CT molecular complexity index is 738. The van der Waals surface area contributed by atoms with Gasteiger partial charge in [-0.1, -0.05) is 0 Å². The maximum absolute atomic E-state index is 13.3. The van der Waals surface area contributed by atoms with Crippen molar-refractivity contribution < 1.29 is 28.9 Å². The van der Waals surface area contributed by atoms with E-state index >= 15 is 0 Å². The molecule has 6 nitrogen and oxygen atoms in total. The van der Waals surface area contributed by atoms with Crippen LogP contribution >= 0.6 is 0 Å². The van der Waals surface area contributed by atoms with Crippen LogP contribution < -0.4 is 9.47 Å². The molecule has 1 N–H and O–H groups in total. The molecule has 0 aromatic heterocycles. The first-order valence-electron chi connectivity index (χ1n) is 8.49. The number of fused-ring (bicyclic) bond motifs is 2. The smallest absolute Gasteiger partial charge is 0.173 e. The Hall–Kier alpha value is -1.92. The van der Waals surface area contributed by atoms with Crippen LogP contribution in [0.3, 0.4) is 0 Å². The minimum atomic E-state index is -0.524. The largest absolute Gasteiger partial charge is 0.496 e. The number of aliphatic hydroxyl groups is 1. The van der Waals surface area contributed by atoms with Crippen LogP contribution in [0.2, 0.25) is 0 Å². The summed E-state index contributed by atoms with van der Waals surface area (Å²) in [4.78, 5) is 26.5. The van der Waals surface area contributed by atoms with Crippen molar-refractivity contribution in [2.75, 3.05) is 14.2 Å². The average Bonchev–Trinajstić information content (AvgIpc) is 2.57.